The van der Waals surface area contributed by atoms with E-state index in [4.69, 9.17) is 11.6 Å². The third kappa shape index (κ3) is 3.44. The Balaban J connectivity index is 1.77. The van der Waals surface area contributed by atoms with E-state index < -0.39 is 5.54 Å². The summed E-state index contributed by atoms with van der Waals surface area (Å²) < 4.78 is 2.70. The molecule has 2 heterocycles. The molecule has 122 valence electrons. The highest BCUT2D eigenvalue weighted by Crippen LogP contribution is 2.28. The predicted molar refractivity (Wildman–Crippen MR) is 93.3 cm³/mol. The van der Waals surface area contributed by atoms with E-state index in [1.807, 2.05) is 30.5 Å². The van der Waals surface area contributed by atoms with Crippen molar-refractivity contribution < 1.29 is 4.79 Å². The van der Waals surface area contributed by atoms with E-state index in [2.05, 4.69) is 31.7 Å². The van der Waals surface area contributed by atoms with Gasteiger partial charge in [-0.15, -0.1) is 0 Å². The summed E-state index contributed by atoms with van der Waals surface area (Å²) in [5.74, 6) is -0.0123. The molecule has 2 aromatic rings. The van der Waals surface area contributed by atoms with Crippen LogP contribution >= 0.6 is 27.5 Å². The van der Waals surface area contributed by atoms with Crippen LogP contribution < -0.4 is 10.6 Å². The van der Waals surface area contributed by atoms with Crippen LogP contribution in [0.15, 0.2) is 41.1 Å². The lowest BCUT2D eigenvalue weighted by atomic mass is 9.87. The quantitative estimate of drug-likeness (QED) is 0.834. The predicted octanol–water partition coefficient (Wildman–Crippen LogP) is 2.69. The van der Waals surface area contributed by atoms with Crippen LogP contribution in [0.2, 0.25) is 5.02 Å². The SMILES string of the molecule is O=C(NCc1ccc(Br)cc1Cl)C1(n2cccn2)CCNCC1. The lowest BCUT2D eigenvalue weighted by Crippen LogP contribution is -2.54. The maximum Gasteiger partial charge on any atom is 0.248 e. The second-order valence-electron chi connectivity index (χ2n) is 5.65. The van der Waals surface area contributed by atoms with Gasteiger partial charge in [-0.25, -0.2) is 0 Å². The molecule has 0 unspecified atom stereocenters. The Labute approximate surface area is 148 Å². The molecule has 3 rings (SSSR count). The number of aromatic nitrogens is 2. The van der Waals surface area contributed by atoms with Crippen LogP contribution in [-0.4, -0.2) is 28.8 Å². The van der Waals surface area contributed by atoms with E-state index in [1.54, 1.807) is 10.9 Å². The molecule has 0 atom stereocenters. The molecule has 1 aromatic heterocycles. The summed E-state index contributed by atoms with van der Waals surface area (Å²) in [6, 6.07) is 7.51. The molecule has 7 heteroatoms. The number of hydrogen-bond acceptors (Lipinski definition) is 3. The van der Waals surface area contributed by atoms with Crippen molar-refractivity contribution in [1.29, 1.82) is 0 Å². The summed E-state index contributed by atoms with van der Waals surface area (Å²) in [6.07, 6.45) is 5.00. The molecule has 0 aliphatic carbocycles. The average molecular weight is 398 g/mol. The van der Waals surface area contributed by atoms with Gasteiger partial charge in [0, 0.05) is 28.4 Å². The Kier molecular flexibility index (Phi) is 5.04. The van der Waals surface area contributed by atoms with Crippen molar-refractivity contribution in [2.45, 2.75) is 24.9 Å². The zero-order valence-corrected chi connectivity index (χ0v) is 14.9. The zero-order valence-electron chi connectivity index (χ0n) is 12.6. The third-order valence-electron chi connectivity index (χ3n) is 4.25. The average Bonchev–Trinajstić information content (AvgIpc) is 3.09. The third-order valence-corrected chi connectivity index (χ3v) is 5.10. The van der Waals surface area contributed by atoms with Gasteiger partial charge in [0.05, 0.1) is 0 Å². The monoisotopic (exact) mass is 396 g/mol. The van der Waals surface area contributed by atoms with Crippen LogP contribution in [0.1, 0.15) is 18.4 Å². The number of piperidine rings is 1. The number of nitrogens with zero attached hydrogens (tertiary/aromatic N) is 2. The van der Waals surface area contributed by atoms with E-state index in [-0.39, 0.29) is 5.91 Å². The van der Waals surface area contributed by atoms with Crippen LogP contribution in [-0.2, 0) is 16.9 Å². The first-order valence-corrected chi connectivity index (χ1v) is 8.72. The Hall–Kier alpha value is -1.37. The molecule has 2 N–H and O–H groups in total. The number of carbonyl (C=O) groups is 1. The molecular weight excluding hydrogens is 380 g/mol. The van der Waals surface area contributed by atoms with Gasteiger partial charge in [-0.3, -0.25) is 9.48 Å². The van der Waals surface area contributed by atoms with Crippen LogP contribution in [0.5, 0.6) is 0 Å². The number of hydrogen-bond donors (Lipinski definition) is 2. The minimum atomic E-state index is -0.628. The Morgan fingerprint density at radius 1 is 1.43 bits per heavy atom. The molecule has 23 heavy (non-hydrogen) atoms. The lowest BCUT2D eigenvalue weighted by Gasteiger charge is -2.36. The number of amides is 1. The van der Waals surface area contributed by atoms with Crippen molar-refractivity contribution in [2.24, 2.45) is 0 Å². The number of halogens is 2. The molecule has 0 spiro atoms. The Morgan fingerprint density at radius 3 is 2.87 bits per heavy atom. The first-order valence-electron chi connectivity index (χ1n) is 7.55. The smallest absolute Gasteiger partial charge is 0.248 e. The fourth-order valence-corrected chi connectivity index (χ4v) is 3.67. The second kappa shape index (κ2) is 7.03. The van der Waals surface area contributed by atoms with Gasteiger partial charge in [0.2, 0.25) is 5.91 Å². The molecule has 1 aliphatic rings. The Morgan fingerprint density at radius 2 is 2.22 bits per heavy atom. The highest BCUT2D eigenvalue weighted by atomic mass is 79.9. The largest absolute Gasteiger partial charge is 0.350 e. The molecule has 0 bridgehead atoms. The topological polar surface area (TPSA) is 59.0 Å². The number of carbonyl (C=O) groups excluding carboxylic acids is 1. The molecule has 1 amide bonds. The summed E-state index contributed by atoms with van der Waals surface area (Å²) in [6.45, 7) is 2.00. The molecular formula is C16H18BrClN4O. The highest BCUT2D eigenvalue weighted by molar-refractivity contribution is 9.10. The van der Waals surface area contributed by atoms with E-state index in [0.29, 0.717) is 24.4 Å². The van der Waals surface area contributed by atoms with Gasteiger partial charge in [0.25, 0.3) is 0 Å². The van der Waals surface area contributed by atoms with Gasteiger partial charge in [-0.2, -0.15) is 5.10 Å². The maximum absolute atomic E-state index is 12.9. The van der Waals surface area contributed by atoms with Crippen LogP contribution in [0.3, 0.4) is 0 Å². The first kappa shape index (κ1) is 16.5. The molecule has 1 fully saturated rings. The van der Waals surface area contributed by atoms with Crippen molar-refractivity contribution >= 4 is 33.4 Å². The van der Waals surface area contributed by atoms with Crippen LogP contribution in [0.4, 0.5) is 0 Å². The molecule has 1 aliphatic heterocycles. The summed E-state index contributed by atoms with van der Waals surface area (Å²) in [7, 11) is 0. The summed E-state index contributed by atoms with van der Waals surface area (Å²) in [5, 5.41) is 11.3. The van der Waals surface area contributed by atoms with Crippen LogP contribution in [0, 0.1) is 0 Å². The summed E-state index contributed by atoms with van der Waals surface area (Å²) in [4.78, 5) is 12.9. The first-order chi connectivity index (χ1) is 11.1. The molecule has 0 radical (unpaired) electrons. The van der Waals surface area contributed by atoms with Gasteiger partial charge in [-0.05, 0) is 49.7 Å². The van der Waals surface area contributed by atoms with E-state index in [9.17, 15) is 4.79 Å². The van der Waals surface area contributed by atoms with Crippen molar-refractivity contribution in [2.75, 3.05) is 13.1 Å². The van der Waals surface area contributed by atoms with Gasteiger partial charge >= 0.3 is 0 Å². The van der Waals surface area contributed by atoms with Crippen molar-refractivity contribution in [1.82, 2.24) is 20.4 Å². The molecule has 0 saturated carbocycles. The molecule has 1 saturated heterocycles. The summed E-state index contributed by atoms with van der Waals surface area (Å²) in [5.41, 5.74) is 0.268. The van der Waals surface area contributed by atoms with Crippen molar-refractivity contribution in [3.05, 3.63) is 51.7 Å². The highest BCUT2D eigenvalue weighted by Gasteiger charge is 2.41. The van der Waals surface area contributed by atoms with Gasteiger partial charge in [0.1, 0.15) is 5.54 Å². The number of rotatable bonds is 4. The lowest BCUT2D eigenvalue weighted by molar-refractivity contribution is -0.132. The van der Waals surface area contributed by atoms with E-state index in [0.717, 1.165) is 23.1 Å². The van der Waals surface area contributed by atoms with Gasteiger partial charge < -0.3 is 10.6 Å². The van der Waals surface area contributed by atoms with Crippen molar-refractivity contribution in [3.8, 4) is 0 Å². The standard InChI is InChI=1S/C16H18BrClN4O/c17-13-3-2-12(14(18)10-13)11-20-15(23)16(4-7-19-8-5-16)22-9-1-6-21-22/h1-3,6,9-10,19H,4-5,7-8,11H2,(H,20,23). The second-order valence-corrected chi connectivity index (χ2v) is 6.97. The van der Waals surface area contributed by atoms with E-state index in [1.165, 1.54) is 0 Å². The molecule has 1 aromatic carbocycles. The fourth-order valence-electron chi connectivity index (χ4n) is 2.93. The van der Waals surface area contributed by atoms with E-state index >= 15 is 0 Å². The van der Waals surface area contributed by atoms with Gasteiger partial charge in [-0.1, -0.05) is 33.6 Å². The normalized spacial score (nSPS) is 17.0. The van der Waals surface area contributed by atoms with Gasteiger partial charge in [0.15, 0.2) is 0 Å². The zero-order chi connectivity index (χ0) is 16.3. The molecule has 5 nitrogen and oxygen atoms in total. The van der Waals surface area contributed by atoms with Crippen LogP contribution in [0.25, 0.3) is 0 Å². The minimum Gasteiger partial charge on any atom is -0.350 e. The number of benzene rings is 1. The van der Waals surface area contributed by atoms with Crippen molar-refractivity contribution in [3.63, 3.8) is 0 Å². The minimum absolute atomic E-state index is 0.0123. The maximum atomic E-state index is 12.9. The number of nitrogens with one attached hydrogen (secondary N) is 2. The Bertz CT molecular complexity index is 683. The summed E-state index contributed by atoms with van der Waals surface area (Å²) >= 11 is 9.61. The fraction of sp³-hybridized carbons (Fsp3) is 0.375.